The lowest BCUT2D eigenvalue weighted by Gasteiger charge is -2.19. The van der Waals surface area contributed by atoms with Crippen LogP contribution in [0.3, 0.4) is 0 Å². The van der Waals surface area contributed by atoms with Crippen LogP contribution in [-0.2, 0) is 22.9 Å². The maximum atomic E-state index is 13.5. The molecule has 0 aliphatic rings. The number of carbonyl (C=O) groups excluding carboxylic acids is 2. The van der Waals surface area contributed by atoms with E-state index >= 15 is 0 Å². The van der Waals surface area contributed by atoms with E-state index in [9.17, 15) is 22.8 Å². The summed E-state index contributed by atoms with van der Waals surface area (Å²) < 4.78 is 46.5. The predicted molar refractivity (Wildman–Crippen MR) is 171 cm³/mol. The van der Waals surface area contributed by atoms with Gasteiger partial charge in [0.2, 0.25) is 0 Å². The third kappa shape index (κ3) is 7.85. The maximum absolute atomic E-state index is 13.5. The fourth-order valence-electron chi connectivity index (χ4n) is 4.81. The minimum absolute atomic E-state index is 0.0217. The van der Waals surface area contributed by atoms with Crippen molar-refractivity contribution in [3.8, 4) is 5.75 Å². The molecule has 1 aromatic heterocycles. The second kappa shape index (κ2) is 12.7. The monoisotopic (exact) mass is 633 g/mol. The van der Waals surface area contributed by atoms with E-state index in [-0.39, 0.29) is 23.6 Å². The van der Waals surface area contributed by atoms with Crippen molar-refractivity contribution in [2.24, 2.45) is 0 Å². The molecule has 0 unspecified atom stereocenters. The third-order valence-corrected chi connectivity index (χ3v) is 7.48. The number of hydrogen-bond donors (Lipinski definition) is 2. The second-order valence-electron chi connectivity index (χ2n) is 11.7. The molecule has 0 aliphatic heterocycles. The lowest BCUT2D eigenvalue weighted by molar-refractivity contribution is -0.137. The molecule has 0 radical (unpaired) electrons. The van der Waals surface area contributed by atoms with Gasteiger partial charge in [0, 0.05) is 33.8 Å². The molecule has 0 saturated carbocycles. The van der Waals surface area contributed by atoms with E-state index in [1.165, 1.54) is 17.7 Å². The number of halogens is 4. The first kappa shape index (κ1) is 31.7. The standard InChI is InChI=1S/C35H31ClF3N3O3/c1-34(2,3)24-6-4-22(5-7-24)20-42-30-17-14-28(40-32(43)21-45-29-15-10-26(36)11-16-29)18-23(30)19-31(42)33(44)41-27-12-8-25(9-13-27)35(37,38)39/h4-19H,20-21H2,1-3H3,(H,40,43)(H,41,44). The zero-order valence-corrected chi connectivity index (χ0v) is 25.6. The van der Waals surface area contributed by atoms with Crippen LogP contribution in [0.1, 0.15) is 48.0 Å². The van der Waals surface area contributed by atoms with Crippen LogP contribution < -0.4 is 15.4 Å². The Kier molecular flexibility index (Phi) is 8.93. The first-order chi connectivity index (χ1) is 21.3. The maximum Gasteiger partial charge on any atom is 0.416 e. The summed E-state index contributed by atoms with van der Waals surface area (Å²) in [4.78, 5) is 26.1. The minimum Gasteiger partial charge on any atom is -0.484 e. The Morgan fingerprint density at radius 1 is 0.778 bits per heavy atom. The van der Waals surface area contributed by atoms with Gasteiger partial charge in [-0.05, 0) is 89.3 Å². The number of rotatable bonds is 8. The van der Waals surface area contributed by atoms with E-state index in [4.69, 9.17) is 16.3 Å². The highest BCUT2D eigenvalue weighted by Gasteiger charge is 2.30. The number of fused-ring (bicyclic) bond motifs is 1. The van der Waals surface area contributed by atoms with Crippen molar-refractivity contribution in [3.05, 3.63) is 124 Å². The number of ether oxygens (including phenoxy) is 1. The first-order valence-electron chi connectivity index (χ1n) is 14.2. The molecular formula is C35H31ClF3N3O3. The van der Waals surface area contributed by atoms with Crippen LogP contribution in [0.2, 0.25) is 5.02 Å². The number of anilines is 2. The normalized spacial score (nSPS) is 11.8. The van der Waals surface area contributed by atoms with Crippen LogP contribution in [-0.4, -0.2) is 23.0 Å². The summed E-state index contributed by atoms with van der Waals surface area (Å²) >= 11 is 5.89. The smallest absolute Gasteiger partial charge is 0.416 e. The van der Waals surface area contributed by atoms with Gasteiger partial charge in [-0.3, -0.25) is 9.59 Å². The third-order valence-electron chi connectivity index (χ3n) is 7.23. The molecule has 232 valence electrons. The topological polar surface area (TPSA) is 72.4 Å². The number of benzene rings is 4. The molecule has 45 heavy (non-hydrogen) atoms. The minimum atomic E-state index is -4.48. The van der Waals surface area contributed by atoms with Crippen molar-refractivity contribution in [3.63, 3.8) is 0 Å². The van der Waals surface area contributed by atoms with E-state index in [2.05, 4.69) is 43.5 Å². The zero-order chi connectivity index (χ0) is 32.4. The Balaban J connectivity index is 1.41. The SMILES string of the molecule is CC(C)(C)c1ccc(Cn2c(C(=O)Nc3ccc(C(F)(F)F)cc3)cc3cc(NC(=O)COc4ccc(Cl)cc4)ccc32)cc1. The Morgan fingerprint density at radius 3 is 2.02 bits per heavy atom. The molecule has 1 heterocycles. The summed E-state index contributed by atoms with van der Waals surface area (Å²) in [6, 6.07) is 26.1. The molecule has 2 amide bonds. The quantitative estimate of drug-likeness (QED) is 0.179. The van der Waals surface area contributed by atoms with Crippen LogP contribution in [0, 0.1) is 0 Å². The van der Waals surface area contributed by atoms with Gasteiger partial charge >= 0.3 is 6.18 Å². The van der Waals surface area contributed by atoms with Gasteiger partial charge in [-0.15, -0.1) is 0 Å². The number of nitrogens with zero attached hydrogens (tertiary/aromatic N) is 1. The fourth-order valence-corrected chi connectivity index (χ4v) is 4.94. The van der Waals surface area contributed by atoms with Gasteiger partial charge in [-0.25, -0.2) is 0 Å². The van der Waals surface area contributed by atoms with Crippen LogP contribution in [0.5, 0.6) is 5.75 Å². The lowest BCUT2D eigenvalue weighted by atomic mass is 9.87. The fraction of sp³-hybridized carbons (Fsp3) is 0.200. The Labute approximate surface area is 263 Å². The van der Waals surface area contributed by atoms with E-state index in [1.807, 2.05) is 22.8 Å². The van der Waals surface area contributed by atoms with Crippen LogP contribution >= 0.6 is 11.6 Å². The second-order valence-corrected chi connectivity index (χ2v) is 12.1. The van der Waals surface area contributed by atoms with Crippen molar-refractivity contribution in [1.29, 1.82) is 0 Å². The van der Waals surface area contributed by atoms with Crippen LogP contribution in [0.25, 0.3) is 10.9 Å². The molecule has 5 aromatic rings. The average molecular weight is 634 g/mol. The van der Waals surface area contributed by atoms with Gasteiger partial charge in [0.1, 0.15) is 11.4 Å². The molecule has 0 bridgehead atoms. The summed E-state index contributed by atoms with van der Waals surface area (Å²) in [5.74, 6) is -0.358. The number of hydrogen-bond acceptors (Lipinski definition) is 3. The largest absolute Gasteiger partial charge is 0.484 e. The summed E-state index contributed by atoms with van der Waals surface area (Å²) in [5, 5.41) is 6.77. The summed E-state index contributed by atoms with van der Waals surface area (Å²) in [6.45, 7) is 6.54. The molecule has 2 N–H and O–H groups in total. The average Bonchev–Trinajstić information content (AvgIpc) is 3.34. The molecule has 6 nitrogen and oxygen atoms in total. The number of alkyl halides is 3. The highest BCUT2D eigenvalue weighted by molar-refractivity contribution is 6.30. The van der Waals surface area contributed by atoms with Crippen LogP contribution in [0.15, 0.2) is 97.1 Å². The van der Waals surface area contributed by atoms with Gasteiger partial charge < -0.3 is 19.9 Å². The predicted octanol–water partition coefficient (Wildman–Crippen LogP) is 8.93. The van der Waals surface area contributed by atoms with Crippen molar-refractivity contribution < 1.29 is 27.5 Å². The van der Waals surface area contributed by atoms with Crippen molar-refractivity contribution >= 4 is 45.7 Å². The number of aromatic nitrogens is 1. The molecule has 5 rings (SSSR count). The number of carbonyl (C=O) groups is 2. The molecule has 0 saturated heterocycles. The Hall–Kier alpha value is -4.76. The van der Waals surface area contributed by atoms with E-state index in [0.717, 1.165) is 23.2 Å². The molecular weight excluding hydrogens is 603 g/mol. The molecule has 4 aromatic carbocycles. The Bertz CT molecular complexity index is 1820. The van der Waals surface area contributed by atoms with Crippen LogP contribution in [0.4, 0.5) is 24.5 Å². The van der Waals surface area contributed by atoms with E-state index < -0.39 is 17.6 Å². The van der Waals surface area contributed by atoms with Crippen molar-refractivity contribution in [2.75, 3.05) is 17.2 Å². The summed E-state index contributed by atoms with van der Waals surface area (Å²) in [5.41, 5.74) is 3.09. The van der Waals surface area contributed by atoms with Gasteiger partial charge in [0.25, 0.3) is 11.8 Å². The van der Waals surface area contributed by atoms with Crippen molar-refractivity contribution in [2.45, 2.75) is 38.9 Å². The molecule has 0 fully saturated rings. The van der Waals surface area contributed by atoms with E-state index in [1.54, 1.807) is 42.5 Å². The van der Waals surface area contributed by atoms with Gasteiger partial charge in [0.05, 0.1) is 5.56 Å². The molecule has 0 atom stereocenters. The van der Waals surface area contributed by atoms with Gasteiger partial charge in [-0.2, -0.15) is 13.2 Å². The van der Waals surface area contributed by atoms with Gasteiger partial charge in [-0.1, -0.05) is 56.6 Å². The molecule has 10 heteroatoms. The lowest BCUT2D eigenvalue weighted by Crippen LogP contribution is -2.20. The Morgan fingerprint density at radius 2 is 1.40 bits per heavy atom. The van der Waals surface area contributed by atoms with Gasteiger partial charge in [0.15, 0.2) is 6.61 Å². The first-order valence-corrected chi connectivity index (χ1v) is 14.5. The molecule has 0 aliphatic carbocycles. The van der Waals surface area contributed by atoms with Crippen molar-refractivity contribution in [1.82, 2.24) is 4.57 Å². The van der Waals surface area contributed by atoms with E-state index in [0.29, 0.717) is 34.1 Å². The summed E-state index contributed by atoms with van der Waals surface area (Å²) in [6.07, 6.45) is -4.48. The zero-order valence-electron chi connectivity index (χ0n) is 24.8. The highest BCUT2D eigenvalue weighted by atomic mass is 35.5. The number of nitrogens with one attached hydrogen (secondary N) is 2. The highest BCUT2D eigenvalue weighted by Crippen LogP contribution is 2.31. The molecule has 0 spiro atoms. The summed E-state index contributed by atoms with van der Waals surface area (Å²) in [7, 11) is 0. The number of amides is 2.